The summed E-state index contributed by atoms with van der Waals surface area (Å²) in [7, 11) is 1.86. The molecule has 26 heavy (non-hydrogen) atoms. The highest BCUT2D eigenvalue weighted by Crippen LogP contribution is 2.22. The molecule has 1 amide bonds. The average Bonchev–Trinajstić information content (AvgIpc) is 3.13. The maximum absolute atomic E-state index is 13.0. The average molecular weight is 366 g/mol. The van der Waals surface area contributed by atoms with Crippen molar-refractivity contribution in [3.63, 3.8) is 0 Å². The number of rotatable bonds is 7. The van der Waals surface area contributed by atoms with Gasteiger partial charge in [0.05, 0.1) is 6.20 Å². The minimum atomic E-state index is -0.00489. The lowest BCUT2D eigenvalue weighted by molar-refractivity contribution is 0.0785. The maximum atomic E-state index is 13.0. The number of benzene rings is 2. The first-order valence-electron chi connectivity index (χ1n) is 8.67. The molecule has 0 unspecified atom stereocenters. The first kappa shape index (κ1) is 18.3. The Hall–Kier alpha value is -2.53. The molecule has 0 aliphatic carbocycles. The van der Waals surface area contributed by atoms with Gasteiger partial charge < -0.3 is 4.90 Å². The highest BCUT2D eigenvalue weighted by atomic mass is 32.2. The van der Waals surface area contributed by atoms with Gasteiger partial charge in [-0.05, 0) is 36.8 Å². The number of amides is 1. The lowest BCUT2D eigenvalue weighted by atomic mass is 10.1. The van der Waals surface area contributed by atoms with Gasteiger partial charge in [-0.2, -0.15) is 0 Å². The van der Waals surface area contributed by atoms with E-state index in [1.165, 1.54) is 17.3 Å². The van der Waals surface area contributed by atoms with Crippen LogP contribution < -0.4 is 0 Å². The van der Waals surface area contributed by atoms with E-state index in [1.807, 2.05) is 66.4 Å². The molecule has 1 aromatic heterocycles. The van der Waals surface area contributed by atoms with Gasteiger partial charge in [0, 0.05) is 19.3 Å². The number of aryl methyl sites for hydroxylation is 1. The molecule has 3 aromatic rings. The fourth-order valence-electron chi connectivity index (χ4n) is 2.92. The van der Waals surface area contributed by atoms with Crippen LogP contribution in [0, 0.1) is 0 Å². The molecule has 3 rings (SSSR count). The molecule has 1 heterocycles. The predicted octanol–water partition coefficient (Wildman–Crippen LogP) is 4.30. The van der Waals surface area contributed by atoms with Crippen LogP contribution in [0.25, 0.3) is 5.69 Å². The second-order valence-corrected chi connectivity index (χ2v) is 6.89. The minimum absolute atomic E-state index is 0.00489. The van der Waals surface area contributed by atoms with Gasteiger partial charge in [0.2, 0.25) is 0 Å². The van der Waals surface area contributed by atoms with Gasteiger partial charge in [-0.1, -0.05) is 60.3 Å². The zero-order valence-corrected chi connectivity index (χ0v) is 15.9. The molecule has 0 aliphatic rings. The molecule has 0 N–H and O–H groups in total. The van der Waals surface area contributed by atoms with Crippen molar-refractivity contribution >= 4 is 17.7 Å². The van der Waals surface area contributed by atoms with Crippen molar-refractivity contribution in [2.75, 3.05) is 19.8 Å². The third-order valence-corrected chi connectivity index (χ3v) is 4.95. The van der Waals surface area contributed by atoms with E-state index in [9.17, 15) is 4.79 Å². The number of aromatic nitrogens is 2. The Morgan fingerprint density at radius 2 is 1.73 bits per heavy atom. The summed E-state index contributed by atoms with van der Waals surface area (Å²) >= 11 is 1.54. The van der Waals surface area contributed by atoms with Crippen LogP contribution in [0.2, 0.25) is 0 Å². The van der Waals surface area contributed by atoms with Crippen molar-refractivity contribution in [3.8, 4) is 5.69 Å². The zero-order valence-electron chi connectivity index (χ0n) is 15.1. The van der Waals surface area contributed by atoms with Gasteiger partial charge in [-0.25, -0.2) is 4.98 Å². The summed E-state index contributed by atoms with van der Waals surface area (Å²) in [6.07, 6.45) is 5.54. The van der Waals surface area contributed by atoms with E-state index in [2.05, 4.69) is 17.1 Å². The topological polar surface area (TPSA) is 38.1 Å². The van der Waals surface area contributed by atoms with Gasteiger partial charge in [-0.15, -0.1) is 0 Å². The first-order chi connectivity index (χ1) is 12.7. The maximum Gasteiger partial charge on any atom is 0.272 e. The van der Waals surface area contributed by atoms with Crippen LogP contribution in [0.5, 0.6) is 0 Å². The number of thioether (sulfide) groups is 1. The van der Waals surface area contributed by atoms with E-state index in [4.69, 9.17) is 0 Å². The van der Waals surface area contributed by atoms with Gasteiger partial charge in [0.25, 0.3) is 5.91 Å². The minimum Gasteiger partial charge on any atom is -0.340 e. The molecule has 2 aromatic carbocycles. The largest absolute Gasteiger partial charge is 0.340 e. The van der Waals surface area contributed by atoms with E-state index in [1.54, 1.807) is 11.1 Å². The van der Waals surface area contributed by atoms with Crippen LogP contribution in [-0.4, -0.2) is 40.2 Å². The fraction of sp³-hybridized carbons (Fsp3) is 0.238. The van der Waals surface area contributed by atoms with Gasteiger partial charge >= 0.3 is 0 Å². The van der Waals surface area contributed by atoms with E-state index in [-0.39, 0.29) is 5.91 Å². The molecule has 0 fully saturated rings. The highest BCUT2D eigenvalue weighted by Gasteiger charge is 2.20. The lowest BCUT2D eigenvalue weighted by Gasteiger charge is -2.18. The Balaban J connectivity index is 1.72. The molecule has 0 spiro atoms. The summed E-state index contributed by atoms with van der Waals surface area (Å²) in [5, 5.41) is 0.817. The molecule has 0 saturated carbocycles. The Morgan fingerprint density at radius 1 is 1.08 bits per heavy atom. The van der Waals surface area contributed by atoms with Crippen LogP contribution in [0.3, 0.4) is 0 Å². The highest BCUT2D eigenvalue weighted by molar-refractivity contribution is 7.98. The summed E-state index contributed by atoms with van der Waals surface area (Å²) in [5.41, 5.74) is 2.85. The van der Waals surface area contributed by atoms with Crippen molar-refractivity contribution in [2.24, 2.45) is 0 Å². The molecular formula is C21H23N3OS. The van der Waals surface area contributed by atoms with Gasteiger partial charge in [0.15, 0.2) is 5.16 Å². The van der Waals surface area contributed by atoms with Crippen molar-refractivity contribution in [1.82, 2.24) is 14.5 Å². The number of hydrogen-bond acceptors (Lipinski definition) is 3. The second kappa shape index (κ2) is 8.72. The number of hydrogen-bond donors (Lipinski definition) is 0. The molecule has 0 radical (unpaired) electrons. The summed E-state index contributed by atoms with van der Waals surface area (Å²) in [5.74, 6) is -0.00489. The van der Waals surface area contributed by atoms with Crippen LogP contribution in [0.4, 0.5) is 0 Å². The number of nitrogens with zero attached hydrogens (tertiary/aromatic N) is 3. The molecule has 0 aliphatic heterocycles. The van der Waals surface area contributed by atoms with Crippen LogP contribution in [0.15, 0.2) is 72.0 Å². The quantitative estimate of drug-likeness (QED) is 0.586. The van der Waals surface area contributed by atoms with Crippen molar-refractivity contribution in [2.45, 2.75) is 18.0 Å². The number of carbonyl (C=O) groups is 1. The molecule has 0 saturated heterocycles. The monoisotopic (exact) mass is 365 g/mol. The Labute approximate surface area is 158 Å². The normalized spacial score (nSPS) is 10.7. The summed E-state index contributed by atoms with van der Waals surface area (Å²) in [6.45, 7) is 0.711. The fourth-order valence-corrected chi connectivity index (χ4v) is 3.46. The van der Waals surface area contributed by atoms with Crippen LogP contribution in [-0.2, 0) is 6.42 Å². The van der Waals surface area contributed by atoms with E-state index in [0.29, 0.717) is 12.2 Å². The summed E-state index contributed by atoms with van der Waals surface area (Å²) < 4.78 is 1.93. The number of carbonyl (C=O) groups excluding carboxylic acids is 1. The Morgan fingerprint density at radius 3 is 2.38 bits per heavy atom. The standard InChI is InChI=1S/C21H23N3OS/c1-23(15-9-12-17-10-5-3-6-11-17)20(25)19-16-22-21(26-2)24(19)18-13-7-4-8-14-18/h3-8,10-11,13-14,16H,9,12,15H2,1-2H3. The van der Waals surface area contributed by atoms with Crippen LogP contribution in [0.1, 0.15) is 22.5 Å². The third kappa shape index (κ3) is 4.17. The van der Waals surface area contributed by atoms with Crippen LogP contribution >= 0.6 is 11.8 Å². The van der Waals surface area contributed by atoms with Gasteiger partial charge in [-0.3, -0.25) is 9.36 Å². The SMILES string of the molecule is CSc1ncc(C(=O)N(C)CCCc2ccccc2)n1-c1ccccc1. The Kier molecular flexibility index (Phi) is 6.12. The molecule has 4 nitrogen and oxygen atoms in total. The summed E-state index contributed by atoms with van der Waals surface area (Å²) in [6, 6.07) is 20.3. The number of imidazole rings is 1. The molecule has 134 valence electrons. The molecular weight excluding hydrogens is 342 g/mol. The molecule has 5 heteroatoms. The van der Waals surface area contributed by atoms with E-state index >= 15 is 0 Å². The van der Waals surface area contributed by atoms with E-state index < -0.39 is 0 Å². The molecule has 0 bridgehead atoms. The van der Waals surface area contributed by atoms with Crippen molar-refractivity contribution < 1.29 is 4.79 Å². The van der Waals surface area contributed by atoms with Crippen molar-refractivity contribution in [3.05, 3.63) is 78.1 Å². The molecule has 0 atom stereocenters. The lowest BCUT2D eigenvalue weighted by Crippen LogP contribution is -2.29. The zero-order chi connectivity index (χ0) is 18.4. The van der Waals surface area contributed by atoms with Gasteiger partial charge in [0.1, 0.15) is 5.69 Å². The summed E-state index contributed by atoms with van der Waals surface area (Å²) in [4.78, 5) is 19.2. The number of para-hydroxylation sites is 1. The third-order valence-electron chi connectivity index (χ3n) is 4.29. The smallest absolute Gasteiger partial charge is 0.272 e. The van der Waals surface area contributed by atoms with Crippen molar-refractivity contribution in [1.29, 1.82) is 0 Å². The predicted molar refractivity (Wildman–Crippen MR) is 107 cm³/mol. The second-order valence-electron chi connectivity index (χ2n) is 6.12. The van der Waals surface area contributed by atoms with E-state index in [0.717, 1.165) is 23.7 Å². The first-order valence-corrected chi connectivity index (χ1v) is 9.89. The Bertz CT molecular complexity index is 846.